The molecule has 0 amide bonds. The van der Waals surface area contributed by atoms with Crippen molar-refractivity contribution >= 4 is 11.8 Å². The summed E-state index contributed by atoms with van der Waals surface area (Å²) >= 11 is 0. The molecule has 0 radical (unpaired) electrons. The smallest absolute Gasteiger partial charge is 0.385 e. The standard InChI is InChI=1S/C13H14O4/c1-3-4-5-8-6-9-11(14)13(15)17-12(9)10(7-8)16-2/h6-7H,3-5H2,1-2H3. The van der Waals surface area contributed by atoms with E-state index in [1.54, 1.807) is 6.07 Å². The number of benzene rings is 1. The van der Waals surface area contributed by atoms with E-state index in [4.69, 9.17) is 9.47 Å². The number of Topliss-reactive ketones (excluding diaryl/α,β-unsaturated/α-hetero) is 1. The van der Waals surface area contributed by atoms with Gasteiger partial charge < -0.3 is 9.47 Å². The lowest BCUT2D eigenvalue weighted by molar-refractivity contribution is -0.128. The van der Waals surface area contributed by atoms with Gasteiger partial charge in [-0.1, -0.05) is 13.3 Å². The molecule has 17 heavy (non-hydrogen) atoms. The number of ketones is 1. The van der Waals surface area contributed by atoms with E-state index in [0.717, 1.165) is 24.8 Å². The zero-order valence-corrected chi connectivity index (χ0v) is 9.91. The maximum absolute atomic E-state index is 11.6. The molecule has 0 fully saturated rings. The average molecular weight is 234 g/mol. The minimum atomic E-state index is -0.828. The van der Waals surface area contributed by atoms with Gasteiger partial charge in [0, 0.05) is 0 Å². The van der Waals surface area contributed by atoms with Gasteiger partial charge in [0.05, 0.1) is 12.7 Å². The van der Waals surface area contributed by atoms with Crippen LogP contribution in [0, 0.1) is 0 Å². The number of methoxy groups -OCH3 is 1. The second kappa shape index (κ2) is 4.57. The quantitative estimate of drug-likeness (QED) is 0.455. The lowest BCUT2D eigenvalue weighted by Crippen LogP contribution is -2.10. The lowest BCUT2D eigenvalue weighted by atomic mass is 10.0. The normalized spacial score (nSPS) is 13.5. The Morgan fingerprint density at radius 3 is 2.71 bits per heavy atom. The van der Waals surface area contributed by atoms with Crippen LogP contribution in [0.4, 0.5) is 0 Å². The molecule has 90 valence electrons. The summed E-state index contributed by atoms with van der Waals surface area (Å²) in [6, 6.07) is 3.54. The molecule has 1 aromatic rings. The van der Waals surface area contributed by atoms with E-state index in [2.05, 4.69) is 6.92 Å². The molecule has 0 N–H and O–H groups in total. The highest BCUT2D eigenvalue weighted by Gasteiger charge is 2.34. The zero-order chi connectivity index (χ0) is 12.4. The molecular formula is C13H14O4. The van der Waals surface area contributed by atoms with Gasteiger partial charge in [-0.3, -0.25) is 4.79 Å². The first-order valence-corrected chi connectivity index (χ1v) is 5.64. The Morgan fingerprint density at radius 1 is 1.29 bits per heavy atom. The van der Waals surface area contributed by atoms with E-state index in [0.29, 0.717) is 11.3 Å². The van der Waals surface area contributed by atoms with Crippen molar-refractivity contribution in [2.45, 2.75) is 26.2 Å². The van der Waals surface area contributed by atoms with E-state index < -0.39 is 11.8 Å². The van der Waals surface area contributed by atoms with Crippen molar-refractivity contribution in [3.05, 3.63) is 23.3 Å². The number of unbranched alkanes of at least 4 members (excludes halogenated alkanes) is 1. The largest absolute Gasteiger partial charge is 0.493 e. The second-order valence-corrected chi connectivity index (χ2v) is 4.00. The van der Waals surface area contributed by atoms with Gasteiger partial charge in [-0.15, -0.1) is 0 Å². The van der Waals surface area contributed by atoms with Crippen molar-refractivity contribution < 1.29 is 19.1 Å². The summed E-state index contributed by atoms with van der Waals surface area (Å²) in [6.07, 6.45) is 2.97. The van der Waals surface area contributed by atoms with Gasteiger partial charge >= 0.3 is 5.97 Å². The molecule has 0 spiro atoms. The van der Waals surface area contributed by atoms with E-state index in [-0.39, 0.29) is 5.75 Å². The number of fused-ring (bicyclic) bond motifs is 1. The predicted molar refractivity (Wildman–Crippen MR) is 61.6 cm³/mol. The fourth-order valence-corrected chi connectivity index (χ4v) is 1.86. The number of carbonyl (C=O) groups excluding carboxylic acids is 2. The van der Waals surface area contributed by atoms with Crippen molar-refractivity contribution in [3.8, 4) is 11.5 Å². The lowest BCUT2D eigenvalue weighted by Gasteiger charge is -2.08. The molecule has 1 heterocycles. The molecule has 0 aromatic heterocycles. The van der Waals surface area contributed by atoms with Crippen molar-refractivity contribution in [1.29, 1.82) is 0 Å². The van der Waals surface area contributed by atoms with Crippen LogP contribution in [0.3, 0.4) is 0 Å². The van der Waals surface area contributed by atoms with Crippen LogP contribution in [0.2, 0.25) is 0 Å². The molecule has 2 rings (SSSR count). The van der Waals surface area contributed by atoms with Crippen molar-refractivity contribution in [3.63, 3.8) is 0 Å². The highest BCUT2D eigenvalue weighted by atomic mass is 16.6. The third-order valence-electron chi connectivity index (χ3n) is 2.78. The summed E-state index contributed by atoms with van der Waals surface area (Å²) in [5, 5.41) is 0. The molecule has 0 aliphatic carbocycles. The van der Waals surface area contributed by atoms with Gasteiger partial charge in [0.2, 0.25) is 0 Å². The molecule has 4 heteroatoms. The van der Waals surface area contributed by atoms with E-state index in [1.807, 2.05) is 6.07 Å². The fraction of sp³-hybridized carbons (Fsp3) is 0.385. The van der Waals surface area contributed by atoms with E-state index >= 15 is 0 Å². The van der Waals surface area contributed by atoms with Crippen LogP contribution in [0.15, 0.2) is 12.1 Å². The SMILES string of the molecule is CCCCc1cc(OC)c2c(c1)C(=O)C(=O)O2. The molecular weight excluding hydrogens is 220 g/mol. The zero-order valence-electron chi connectivity index (χ0n) is 9.91. The first-order chi connectivity index (χ1) is 8.17. The molecule has 1 aliphatic heterocycles. The van der Waals surface area contributed by atoms with Gasteiger partial charge in [-0.2, -0.15) is 0 Å². The van der Waals surface area contributed by atoms with Gasteiger partial charge in [0.25, 0.3) is 5.78 Å². The molecule has 4 nitrogen and oxygen atoms in total. The number of hydrogen-bond acceptors (Lipinski definition) is 4. The van der Waals surface area contributed by atoms with Gasteiger partial charge in [0.15, 0.2) is 11.5 Å². The molecule has 0 saturated carbocycles. The van der Waals surface area contributed by atoms with E-state index in [1.165, 1.54) is 7.11 Å². The second-order valence-electron chi connectivity index (χ2n) is 4.00. The van der Waals surface area contributed by atoms with Crippen molar-refractivity contribution in [2.24, 2.45) is 0 Å². The van der Waals surface area contributed by atoms with Crippen molar-refractivity contribution in [1.82, 2.24) is 0 Å². The van der Waals surface area contributed by atoms with Crippen LogP contribution in [0.25, 0.3) is 0 Å². The van der Waals surface area contributed by atoms with Crippen LogP contribution in [0.1, 0.15) is 35.7 Å². The number of carbonyl (C=O) groups is 2. The molecule has 1 aliphatic rings. The number of rotatable bonds is 4. The van der Waals surface area contributed by atoms with Gasteiger partial charge in [0.1, 0.15) is 0 Å². The maximum atomic E-state index is 11.6. The number of esters is 1. The number of aryl methyl sites for hydroxylation is 1. The first kappa shape index (κ1) is 11.6. The Balaban J connectivity index is 2.42. The average Bonchev–Trinajstić information content (AvgIpc) is 2.62. The van der Waals surface area contributed by atoms with Gasteiger partial charge in [-0.05, 0) is 30.5 Å². The Bertz CT molecular complexity index is 477. The Hall–Kier alpha value is -1.84. The monoisotopic (exact) mass is 234 g/mol. The Kier molecular flexibility index (Phi) is 3.13. The Labute approximate surface area is 99.5 Å². The summed E-state index contributed by atoms with van der Waals surface area (Å²) in [7, 11) is 1.50. The van der Waals surface area contributed by atoms with Crippen LogP contribution >= 0.6 is 0 Å². The third kappa shape index (κ3) is 2.02. The molecule has 1 aromatic carbocycles. The van der Waals surface area contributed by atoms with Crippen LogP contribution in [0.5, 0.6) is 11.5 Å². The van der Waals surface area contributed by atoms with E-state index in [9.17, 15) is 9.59 Å². The molecule has 0 bridgehead atoms. The summed E-state index contributed by atoms with van der Waals surface area (Å²) < 4.78 is 10.0. The molecule has 0 unspecified atom stereocenters. The Morgan fingerprint density at radius 2 is 2.06 bits per heavy atom. The topological polar surface area (TPSA) is 52.6 Å². The minimum Gasteiger partial charge on any atom is -0.493 e. The van der Waals surface area contributed by atoms with Crippen LogP contribution in [-0.2, 0) is 11.2 Å². The summed E-state index contributed by atoms with van der Waals surface area (Å²) in [5.74, 6) is -0.710. The fourth-order valence-electron chi connectivity index (χ4n) is 1.86. The maximum Gasteiger partial charge on any atom is 0.385 e. The molecule has 0 atom stereocenters. The highest BCUT2D eigenvalue weighted by molar-refractivity contribution is 6.44. The first-order valence-electron chi connectivity index (χ1n) is 5.64. The van der Waals surface area contributed by atoms with Crippen LogP contribution in [-0.4, -0.2) is 18.9 Å². The van der Waals surface area contributed by atoms with Gasteiger partial charge in [-0.25, -0.2) is 4.79 Å². The van der Waals surface area contributed by atoms with Crippen molar-refractivity contribution in [2.75, 3.05) is 7.11 Å². The van der Waals surface area contributed by atoms with Crippen LogP contribution < -0.4 is 9.47 Å². The summed E-state index contributed by atoms with van der Waals surface area (Å²) in [5.41, 5.74) is 1.31. The molecule has 0 saturated heterocycles. The number of hydrogen-bond donors (Lipinski definition) is 0. The number of ether oxygens (including phenoxy) is 2. The third-order valence-corrected chi connectivity index (χ3v) is 2.78. The summed E-state index contributed by atoms with van der Waals surface area (Å²) in [4.78, 5) is 22.8. The highest BCUT2D eigenvalue weighted by Crippen LogP contribution is 2.37. The summed E-state index contributed by atoms with van der Waals surface area (Å²) in [6.45, 7) is 2.10. The predicted octanol–water partition coefficient (Wildman–Crippen LogP) is 2.14. The minimum absolute atomic E-state index is 0.253.